The van der Waals surface area contributed by atoms with E-state index in [1.165, 1.54) is 13.8 Å². The van der Waals surface area contributed by atoms with Crippen LogP contribution in [0, 0.1) is 5.92 Å². The lowest BCUT2D eigenvalue weighted by Gasteiger charge is -2.24. The summed E-state index contributed by atoms with van der Waals surface area (Å²) in [5.74, 6) is -1.23. The lowest BCUT2D eigenvalue weighted by Crippen LogP contribution is -2.51. The van der Waals surface area contributed by atoms with Gasteiger partial charge in [-0.1, -0.05) is 26.7 Å². The van der Waals surface area contributed by atoms with Crippen LogP contribution in [0.3, 0.4) is 0 Å². The number of carboxylic acids is 1. The molecule has 4 nitrogen and oxygen atoms in total. The molecule has 16 heavy (non-hydrogen) atoms. The van der Waals surface area contributed by atoms with Crippen molar-refractivity contribution in [3.05, 3.63) is 0 Å². The summed E-state index contributed by atoms with van der Waals surface area (Å²) in [7, 11) is 0. The molecule has 0 aliphatic carbocycles. The zero-order chi connectivity index (χ0) is 12.8. The highest BCUT2D eigenvalue weighted by Gasteiger charge is 2.30. The van der Waals surface area contributed by atoms with E-state index in [-0.39, 0.29) is 11.8 Å². The van der Waals surface area contributed by atoms with Gasteiger partial charge in [0, 0.05) is 5.92 Å². The molecule has 2 N–H and O–H groups in total. The van der Waals surface area contributed by atoms with Crippen LogP contribution in [0.5, 0.6) is 0 Å². The second-order valence-corrected chi connectivity index (χ2v) is 4.67. The normalized spacial score (nSPS) is 13.2. The highest BCUT2D eigenvalue weighted by molar-refractivity contribution is 5.87. The molecule has 0 aliphatic rings. The number of carbonyl (C=O) groups is 2. The average molecular weight is 229 g/mol. The van der Waals surface area contributed by atoms with Gasteiger partial charge in [0.2, 0.25) is 5.91 Å². The largest absolute Gasteiger partial charge is 0.480 e. The van der Waals surface area contributed by atoms with Crippen LogP contribution in [0.15, 0.2) is 0 Å². The van der Waals surface area contributed by atoms with Crippen LogP contribution in [-0.4, -0.2) is 22.5 Å². The number of rotatable bonds is 7. The number of carbonyl (C=O) groups excluding carboxylic acids is 1. The van der Waals surface area contributed by atoms with Crippen molar-refractivity contribution in [1.82, 2.24) is 5.32 Å². The summed E-state index contributed by atoms with van der Waals surface area (Å²) in [4.78, 5) is 22.7. The highest BCUT2D eigenvalue weighted by atomic mass is 16.4. The molecule has 0 aromatic carbocycles. The van der Waals surface area contributed by atoms with Gasteiger partial charge >= 0.3 is 5.97 Å². The third-order valence-electron chi connectivity index (χ3n) is 2.74. The summed E-state index contributed by atoms with van der Waals surface area (Å²) >= 11 is 0. The standard InChI is InChI=1S/C12H23NO3/c1-5-7-8-9(6-2)10(14)13-12(3,4)11(15)16/h9H,5-8H2,1-4H3,(H,13,14)(H,15,16). The zero-order valence-corrected chi connectivity index (χ0v) is 10.7. The minimum absolute atomic E-state index is 0.0708. The van der Waals surface area contributed by atoms with Gasteiger partial charge in [0.05, 0.1) is 0 Å². The summed E-state index contributed by atoms with van der Waals surface area (Å²) < 4.78 is 0. The number of unbranched alkanes of at least 4 members (excludes halogenated alkanes) is 1. The molecule has 0 aliphatic heterocycles. The van der Waals surface area contributed by atoms with Crippen molar-refractivity contribution in [3.8, 4) is 0 Å². The first-order valence-corrected chi connectivity index (χ1v) is 5.90. The fourth-order valence-electron chi connectivity index (χ4n) is 1.43. The molecular weight excluding hydrogens is 206 g/mol. The third-order valence-corrected chi connectivity index (χ3v) is 2.74. The second kappa shape index (κ2) is 6.51. The third kappa shape index (κ3) is 4.64. The molecule has 1 unspecified atom stereocenters. The Labute approximate surface area is 97.4 Å². The Morgan fingerprint density at radius 3 is 2.25 bits per heavy atom. The van der Waals surface area contributed by atoms with Crippen molar-refractivity contribution in [3.63, 3.8) is 0 Å². The van der Waals surface area contributed by atoms with Gasteiger partial charge in [-0.2, -0.15) is 0 Å². The lowest BCUT2D eigenvalue weighted by atomic mass is 9.96. The first kappa shape index (κ1) is 14.9. The molecule has 1 atom stereocenters. The van der Waals surface area contributed by atoms with Crippen molar-refractivity contribution in [2.75, 3.05) is 0 Å². The molecule has 94 valence electrons. The van der Waals surface area contributed by atoms with Gasteiger partial charge in [0.15, 0.2) is 0 Å². The summed E-state index contributed by atoms with van der Waals surface area (Å²) in [5, 5.41) is 11.5. The number of amides is 1. The molecule has 0 saturated heterocycles. The lowest BCUT2D eigenvalue weighted by molar-refractivity contribution is -0.146. The quantitative estimate of drug-likeness (QED) is 0.703. The van der Waals surface area contributed by atoms with E-state index in [0.717, 1.165) is 25.7 Å². The predicted molar refractivity (Wildman–Crippen MR) is 63.2 cm³/mol. The van der Waals surface area contributed by atoms with Crippen molar-refractivity contribution >= 4 is 11.9 Å². The Bertz CT molecular complexity index is 249. The minimum Gasteiger partial charge on any atom is -0.480 e. The maximum absolute atomic E-state index is 11.8. The Morgan fingerprint density at radius 2 is 1.88 bits per heavy atom. The molecular formula is C12H23NO3. The number of hydrogen-bond donors (Lipinski definition) is 2. The minimum atomic E-state index is -1.18. The van der Waals surface area contributed by atoms with Gasteiger partial charge in [0.25, 0.3) is 0 Å². The molecule has 0 bridgehead atoms. The van der Waals surface area contributed by atoms with E-state index in [9.17, 15) is 9.59 Å². The molecule has 0 radical (unpaired) electrons. The van der Waals surface area contributed by atoms with Crippen LogP contribution in [0.2, 0.25) is 0 Å². The van der Waals surface area contributed by atoms with Crippen molar-refractivity contribution in [1.29, 1.82) is 0 Å². The molecule has 0 rings (SSSR count). The predicted octanol–water partition coefficient (Wildman–Crippen LogP) is 2.18. The van der Waals surface area contributed by atoms with Gasteiger partial charge in [0.1, 0.15) is 5.54 Å². The summed E-state index contributed by atoms with van der Waals surface area (Å²) in [5.41, 5.74) is -1.18. The van der Waals surface area contributed by atoms with E-state index in [0.29, 0.717) is 0 Å². The van der Waals surface area contributed by atoms with Crippen molar-refractivity contribution in [2.45, 2.75) is 58.9 Å². The van der Waals surface area contributed by atoms with E-state index in [1.54, 1.807) is 0 Å². The van der Waals surface area contributed by atoms with Gasteiger partial charge in [-0.05, 0) is 26.7 Å². The molecule has 0 heterocycles. The van der Waals surface area contributed by atoms with E-state index < -0.39 is 11.5 Å². The molecule has 0 aromatic rings. The second-order valence-electron chi connectivity index (χ2n) is 4.67. The maximum atomic E-state index is 11.8. The maximum Gasteiger partial charge on any atom is 0.328 e. The zero-order valence-electron chi connectivity index (χ0n) is 10.7. The van der Waals surface area contributed by atoms with Crippen LogP contribution < -0.4 is 5.32 Å². The monoisotopic (exact) mass is 229 g/mol. The number of nitrogens with one attached hydrogen (secondary N) is 1. The summed E-state index contributed by atoms with van der Waals surface area (Å²) in [6.07, 6.45) is 3.63. The smallest absolute Gasteiger partial charge is 0.328 e. The van der Waals surface area contributed by atoms with Crippen LogP contribution in [0.25, 0.3) is 0 Å². The van der Waals surface area contributed by atoms with Crippen LogP contribution in [0.4, 0.5) is 0 Å². The number of hydrogen-bond acceptors (Lipinski definition) is 2. The Morgan fingerprint density at radius 1 is 1.31 bits per heavy atom. The Hall–Kier alpha value is -1.06. The molecule has 0 spiro atoms. The fourth-order valence-corrected chi connectivity index (χ4v) is 1.43. The highest BCUT2D eigenvalue weighted by Crippen LogP contribution is 2.14. The summed E-state index contributed by atoms with van der Waals surface area (Å²) in [6, 6.07) is 0. The Balaban J connectivity index is 4.36. The van der Waals surface area contributed by atoms with Crippen LogP contribution in [0.1, 0.15) is 53.4 Å². The number of carboxylic acid groups (broad SMARTS) is 1. The van der Waals surface area contributed by atoms with Crippen LogP contribution in [-0.2, 0) is 9.59 Å². The van der Waals surface area contributed by atoms with E-state index >= 15 is 0 Å². The van der Waals surface area contributed by atoms with Crippen molar-refractivity contribution in [2.24, 2.45) is 5.92 Å². The molecule has 1 amide bonds. The first-order valence-electron chi connectivity index (χ1n) is 5.90. The van der Waals surface area contributed by atoms with E-state index in [2.05, 4.69) is 12.2 Å². The van der Waals surface area contributed by atoms with Gasteiger partial charge < -0.3 is 10.4 Å². The first-order chi connectivity index (χ1) is 7.35. The SMILES string of the molecule is CCCCC(CC)C(=O)NC(C)(C)C(=O)O. The van der Waals surface area contributed by atoms with Gasteiger partial charge in [-0.25, -0.2) is 4.79 Å². The molecule has 0 saturated carbocycles. The van der Waals surface area contributed by atoms with Crippen LogP contribution >= 0.6 is 0 Å². The fraction of sp³-hybridized carbons (Fsp3) is 0.833. The summed E-state index contributed by atoms with van der Waals surface area (Å²) in [6.45, 7) is 7.03. The molecule has 4 heteroatoms. The van der Waals surface area contributed by atoms with Crippen molar-refractivity contribution < 1.29 is 14.7 Å². The van der Waals surface area contributed by atoms with Gasteiger partial charge in [-0.15, -0.1) is 0 Å². The van der Waals surface area contributed by atoms with Gasteiger partial charge in [-0.3, -0.25) is 4.79 Å². The van der Waals surface area contributed by atoms with E-state index in [1.807, 2.05) is 6.92 Å². The molecule has 0 fully saturated rings. The topological polar surface area (TPSA) is 66.4 Å². The Kier molecular flexibility index (Phi) is 6.08. The number of aliphatic carboxylic acids is 1. The average Bonchev–Trinajstić information content (AvgIpc) is 2.18. The van der Waals surface area contributed by atoms with E-state index in [4.69, 9.17) is 5.11 Å². The molecule has 0 aromatic heterocycles.